The lowest BCUT2D eigenvalue weighted by molar-refractivity contribution is -0.135. The standard InChI is InChI=1S/C20H23N7O2/c21-10-13-1-2-14(9-13)20(29)27-7-5-26(6-8-27)17-12-24-19-18(25-17)15(11-23-19)3-4-16(22)28/h3-4,11-14H,1-2,5-9H2,(H2,22,28)(H,23,24)/b4-3+/t13-,14-/m1/s1. The second-order valence-electron chi connectivity index (χ2n) is 7.55. The molecule has 3 N–H and O–H groups in total. The molecule has 2 amide bonds. The first-order valence-corrected chi connectivity index (χ1v) is 9.80. The number of aromatic nitrogens is 3. The Morgan fingerprint density at radius 3 is 2.76 bits per heavy atom. The van der Waals surface area contributed by atoms with Gasteiger partial charge in [-0.05, 0) is 25.3 Å². The van der Waals surface area contributed by atoms with Crippen LogP contribution in [0.3, 0.4) is 0 Å². The molecular formula is C20H23N7O2. The summed E-state index contributed by atoms with van der Waals surface area (Å²) in [6.07, 6.45) is 8.69. The Labute approximate surface area is 168 Å². The molecule has 2 atom stereocenters. The lowest BCUT2D eigenvalue weighted by Crippen LogP contribution is -2.50. The molecule has 29 heavy (non-hydrogen) atoms. The van der Waals surface area contributed by atoms with E-state index in [1.807, 2.05) is 4.90 Å². The van der Waals surface area contributed by atoms with Crippen molar-refractivity contribution in [1.29, 1.82) is 5.26 Å². The number of rotatable bonds is 4. The zero-order valence-electron chi connectivity index (χ0n) is 16.0. The Morgan fingerprint density at radius 1 is 1.28 bits per heavy atom. The topological polar surface area (TPSA) is 132 Å². The summed E-state index contributed by atoms with van der Waals surface area (Å²) in [6.45, 7) is 2.62. The normalized spacial score (nSPS) is 22.3. The Hall–Kier alpha value is -3.41. The number of aromatic amines is 1. The fourth-order valence-corrected chi connectivity index (χ4v) is 4.09. The van der Waals surface area contributed by atoms with Crippen LogP contribution in [0.25, 0.3) is 17.2 Å². The molecule has 4 rings (SSSR count). The largest absolute Gasteiger partial charge is 0.366 e. The summed E-state index contributed by atoms with van der Waals surface area (Å²) >= 11 is 0. The van der Waals surface area contributed by atoms with Gasteiger partial charge in [0.1, 0.15) is 11.3 Å². The Balaban J connectivity index is 1.42. The number of nitrogens with two attached hydrogens (primary N) is 1. The zero-order chi connectivity index (χ0) is 20.4. The minimum atomic E-state index is -0.521. The number of anilines is 1. The van der Waals surface area contributed by atoms with Crippen LogP contribution in [-0.4, -0.2) is 57.8 Å². The minimum Gasteiger partial charge on any atom is -0.366 e. The third-order valence-corrected chi connectivity index (χ3v) is 5.70. The smallest absolute Gasteiger partial charge is 0.241 e. The van der Waals surface area contributed by atoms with Gasteiger partial charge in [0.05, 0.1) is 12.3 Å². The second kappa shape index (κ2) is 7.91. The van der Waals surface area contributed by atoms with Gasteiger partial charge in [0, 0.05) is 55.9 Å². The molecule has 0 radical (unpaired) electrons. The summed E-state index contributed by atoms with van der Waals surface area (Å²) in [6, 6.07) is 2.29. The fraction of sp³-hybridized carbons (Fsp3) is 0.450. The van der Waals surface area contributed by atoms with Crippen molar-refractivity contribution in [3.63, 3.8) is 0 Å². The van der Waals surface area contributed by atoms with E-state index >= 15 is 0 Å². The van der Waals surface area contributed by atoms with E-state index in [2.05, 4.69) is 20.9 Å². The van der Waals surface area contributed by atoms with Crippen LogP contribution in [0.15, 0.2) is 18.5 Å². The van der Waals surface area contributed by atoms with Crippen molar-refractivity contribution >= 4 is 34.9 Å². The molecule has 1 saturated carbocycles. The van der Waals surface area contributed by atoms with Crippen molar-refractivity contribution in [2.24, 2.45) is 17.6 Å². The molecule has 0 unspecified atom stereocenters. The van der Waals surface area contributed by atoms with Crippen molar-refractivity contribution in [3.8, 4) is 6.07 Å². The summed E-state index contributed by atoms with van der Waals surface area (Å²) in [4.78, 5) is 39.9. The van der Waals surface area contributed by atoms with Gasteiger partial charge in [0.2, 0.25) is 11.8 Å². The summed E-state index contributed by atoms with van der Waals surface area (Å²) in [5, 5.41) is 9.05. The predicted octanol–water partition coefficient (Wildman–Crippen LogP) is 1.04. The first-order chi connectivity index (χ1) is 14.0. The first kappa shape index (κ1) is 18.9. The van der Waals surface area contributed by atoms with Gasteiger partial charge in [0.25, 0.3) is 0 Å². The molecular weight excluding hydrogens is 370 g/mol. The molecule has 150 valence electrons. The van der Waals surface area contributed by atoms with Crippen LogP contribution in [0.5, 0.6) is 0 Å². The van der Waals surface area contributed by atoms with E-state index < -0.39 is 5.91 Å². The van der Waals surface area contributed by atoms with Gasteiger partial charge in [0.15, 0.2) is 5.65 Å². The molecule has 1 aliphatic heterocycles. The van der Waals surface area contributed by atoms with Crippen LogP contribution in [0.2, 0.25) is 0 Å². The van der Waals surface area contributed by atoms with Crippen LogP contribution in [0.1, 0.15) is 24.8 Å². The lowest BCUT2D eigenvalue weighted by atomic mass is 10.0. The summed E-state index contributed by atoms with van der Waals surface area (Å²) in [5.41, 5.74) is 7.23. The number of amides is 2. The van der Waals surface area contributed by atoms with E-state index in [4.69, 9.17) is 16.0 Å². The lowest BCUT2D eigenvalue weighted by Gasteiger charge is -2.36. The molecule has 9 nitrogen and oxygen atoms in total. The number of hydrogen-bond acceptors (Lipinski definition) is 6. The van der Waals surface area contributed by atoms with Gasteiger partial charge in [-0.15, -0.1) is 0 Å². The molecule has 0 aromatic carbocycles. The maximum atomic E-state index is 12.7. The number of piperazine rings is 1. The van der Waals surface area contributed by atoms with Crippen molar-refractivity contribution in [3.05, 3.63) is 24.0 Å². The second-order valence-corrected chi connectivity index (χ2v) is 7.55. The number of carbonyl (C=O) groups is 2. The third kappa shape index (κ3) is 3.92. The fourth-order valence-electron chi connectivity index (χ4n) is 4.09. The highest BCUT2D eigenvalue weighted by atomic mass is 16.2. The van der Waals surface area contributed by atoms with Crippen molar-refractivity contribution in [2.75, 3.05) is 31.1 Å². The quantitative estimate of drug-likeness (QED) is 0.746. The number of carbonyl (C=O) groups excluding carboxylic acids is 2. The molecule has 2 aromatic heterocycles. The van der Waals surface area contributed by atoms with E-state index in [-0.39, 0.29) is 17.7 Å². The number of H-pyrrole nitrogens is 1. The van der Waals surface area contributed by atoms with E-state index in [0.717, 1.165) is 24.2 Å². The van der Waals surface area contributed by atoms with Gasteiger partial charge in [-0.25, -0.2) is 9.97 Å². The number of fused-ring (bicyclic) bond motifs is 1. The Kier molecular flexibility index (Phi) is 5.16. The van der Waals surface area contributed by atoms with E-state index in [0.29, 0.717) is 43.8 Å². The molecule has 1 saturated heterocycles. The molecule has 0 spiro atoms. The minimum absolute atomic E-state index is 0.0122. The molecule has 2 aliphatic rings. The number of nitrogens with zero attached hydrogens (tertiary/aromatic N) is 5. The number of nitriles is 1. The Bertz CT molecular complexity index is 998. The summed E-state index contributed by atoms with van der Waals surface area (Å²) < 4.78 is 0. The molecule has 0 bridgehead atoms. The van der Waals surface area contributed by atoms with Gasteiger partial charge < -0.3 is 20.5 Å². The van der Waals surface area contributed by atoms with Gasteiger partial charge in [-0.3, -0.25) is 9.59 Å². The van der Waals surface area contributed by atoms with E-state index in [9.17, 15) is 9.59 Å². The first-order valence-electron chi connectivity index (χ1n) is 9.80. The molecule has 2 aromatic rings. The molecule has 9 heteroatoms. The van der Waals surface area contributed by atoms with Crippen LogP contribution in [0, 0.1) is 23.2 Å². The molecule has 2 fully saturated rings. The van der Waals surface area contributed by atoms with Gasteiger partial charge in [-0.1, -0.05) is 0 Å². The van der Waals surface area contributed by atoms with Crippen molar-refractivity contribution in [1.82, 2.24) is 19.9 Å². The summed E-state index contributed by atoms with van der Waals surface area (Å²) in [5.74, 6) is 0.401. The highest BCUT2D eigenvalue weighted by Gasteiger charge is 2.34. The zero-order valence-corrected chi connectivity index (χ0v) is 16.0. The third-order valence-electron chi connectivity index (χ3n) is 5.70. The maximum absolute atomic E-state index is 12.7. The van der Waals surface area contributed by atoms with Gasteiger partial charge >= 0.3 is 0 Å². The highest BCUT2D eigenvalue weighted by Crippen LogP contribution is 2.32. The van der Waals surface area contributed by atoms with Crippen molar-refractivity contribution < 1.29 is 9.59 Å². The number of hydrogen-bond donors (Lipinski definition) is 2. The predicted molar refractivity (Wildman–Crippen MR) is 107 cm³/mol. The highest BCUT2D eigenvalue weighted by molar-refractivity contribution is 5.93. The Morgan fingerprint density at radius 2 is 2.07 bits per heavy atom. The SMILES string of the molecule is N#C[C@@H]1CC[C@@H](C(=O)N2CCN(c3cnc4[nH]cc(/C=C/C(N)=O)c4n3)CC2)C1. The van der Waals surface area contributed by atoms with Crippen LogP contribution in [0.4, 0.5) is 5.82 Å². The summed E-state index contributed by atoms with van der Waals surface area (Å²) in [7, 11) is 0. The van der Waals surface area contributed by atoms with Crippen molar-refractivity contribution in [2.45, 2.75) is 19.3 Å². The average Bonchev–Trinajstić information content (AvgIpc) is 3.38. The van der Waals surface area contributed by atoms with Crippen LogP contribution >= 0.6 is 0 Å². The molecule has 3 heterocycles. The number of nitrogens with one attached hydrogen (secondary N) is 1. The van der Waals surface area contributed by atoms with E-state index in [1.54, 1.807) is 18.5 Å². The number of primary amides is 1. The van der Waals surface area contributed by atoms with E-state index in [1.165, 1.54) is 6.08 Å². The molecule has 1 aliphatic carbocycles. The monoisotopic (exact) mass is 393 g/mol. The van der Waals surface area contributed by atoms with Crippen LogP contribution < -0.4 is 10.6 Å². The van der Waals surface area contributed by atoms with Crippen LogP contribution in [-0.2, 0) is 9.59 Å². The average molecular weight is 393 g/mol. The van der Waals surface area contributed by atoms with Gasteiger partial charge in [-0.2, -0.15) is 5.26 Å². The maximum Gasteiger partial charge on any atom is 0.241 e.